The molecule has 0 bridgehead atoms. The summed E-state index contributed by atoms with van der Waals surface area (Å²) in [6, 6.07) is 0.251. The van der Waals surface area contributed by atoms with E-state index in [4.69, 9.17) is 4.74 Å². The van der Waals surface area contributed by atoms with E-state index in [1.54, 1.807) is 0 Å². The van der Waals surface area contributed by atoms with Crippen LogP contribution < -0.4 is 10.1 Å². The zero-order chi connectivity index (χ0) is 21.1. The first-order chi connectivity index (χ1) is 13.0. The molecule has 0 saturated heterocycles. The van der Waals surface area contributed by atoms with Gasteiger partial charge in [-0.2, -0.15) is 17.5 Å². The first-order valence-electron chi connectivity index (χ1n) is 8.13. The minimum atomic E-state index is -5.60. The highest BCUT2D eigenvalue weighted by Crippen LogP contribution is 2.28. The Morgan fingerprint density at radius 3 is 2.64 bits per heavy atom. The van der Waals surface area contributed by atoms with E-state index in [0.29, 0.717) is 4.47 Å². The lowest BCUT2D eigenvalue weighted by atomic mass is 10.2. The van der Waals surface area contributed by atoms with Crippen LogP contribution in [0.5, 0.6) is 5.88 Å². The van der Waals surface area contributed by atoms with Crippen molar-refractivity contribution < 1.29 is 35.9 Å². The molecule has 1 aromatic rings. The maximum Gasteiger partial charge on any atom is 0.511 e. The lowest BCUT2D eigenvalue weighted by Crippen LogP contribution is -2.48. The number of alkyl halides is 3. The SMILES string of the molecule is COCN(C(C)COc1cc(C(=O)NC2CC2)c(Br)cn1)S(=O)(=O)C(F)(F)F. The molecule has 2 rings (SSSR count). The molecule has 1 saturated carbocycles. The monoisotopic (exact) mass is 489 g/mol. The number of halogens is 4. The molecule has 1 aliphatic rings. The molecule has 1 heterocycles. The Balaban J connectivity index is 2.09. The lowest BCUT2D eigenvalue weighted by molar-refractivity contribution is -0.0546. The second kappa shape index (κ2) is 8.93. The molecule has 13 heteroatoms. The Labute approximate surface area is 168 Å². The van der Waals surface area contributed by atoms with Crippen LogP contribution in [-0.2, 0) is 14.8 Å². The summed E-state index contributed by atoms with van der Waals surface area (Å²) in [6.07, 6.45) is 3.12. The number of nitrogens with one attached hydrogen (secondary N) is 1. The number of ether oxygens (including phenoxy) is 2. The van der Waals surface area contributed by atoms with Gasteiger partial charge in [0.25, 0.3) is 5.91 Å². The fourth-order valence-corrected chi connectivity index (χ4v) is 3.59. The molecule has 1 atom stereocenters. The summed E-state index contributed by atoms with van der Waals surface area (Å²) >= 11 is 3.21. The number of aromatic nitrogens is 1. The first-order valence-corrected chi connectivity index (χ1v) is 10.4. The summed E-state index contributed by atoms with van der Waals surface area (Å²) in [4.78, 5) is 16.1. The van der Waals surface area contributed by atoms with Gasteiger partial charge < -0.3 is 14.8 Å². The zero-order valence-corrected chi connectivity index (χ0v) is 17.4. The molecule has 1 N–H and O–H groups in total. The largest absolute Gasteiger partial charge is 0.511 e. The molecule has 0 radical (unpaired) electrons. The molecule has 0 aromatic carbocycles. The van der Waals surface area contributed by atoms with Gasteiger partial charge in [-0.3, -0.25) is 4.79 Å². The van der Waals surface area contributed by atoms with Gasteiger partial charge in [0.1, 0.15) is 13.3 Å². The number of methoxy groups -OCH3 is 1. The third kappa shape index (κ3) is 5.55. The second-order valence-corrected chi connectivity index (χ2v) is 8.90. The summed E-state index contributed by atoms with van der Waals surface area (Å²) in [5.41, 5.74) is -5.22. The van der Waals surface area contributed by atoms with Crippen LogP contribution in [0.3, 0.4) is 0 Å². The average Bonchev–Trinajstić information content (AvgIpc) is 3.41. The predicted octanol–water partition coefficient (Wildman–Crippen LogP) is 2.26. The van der Waals surface area contributed by atoms with Crippen molar-refractivity contribution in [1.82, 2.24) is 14.6 Å². The topological polar surface area (TPSA) is 97.8 Å². The molecule has 1 aromatic heterocycles. The minimum absolute atomic E-state index is 0.0298. The third-order valence-corrected chi connectivity index (χ3v) is 6.11. The van der Waals surface area contributed by atoms with E-state index in [2.05, 4.69) is 31.0 Å². The van der Waals surface area contributed by atoms with Gasteiger partial charge in [-0.25, -0.2) is 13.4 Å². The number of pyridine rings is 1. The van der Waals surface area contributed by atoms with E-state index in [1.807, 2.05) is 0 Å². The van der Waals surface area contributed by atoms with E-state index >= 15 is 0 Å². The molecule has 1 fully saturated rings. The van der Waals surface area contributed by atoms with Gasteiger partial charge in [-0.15, -0.1) is 0 Å². The van der Waals surface area contributed by atoms with Crippen LogP contribution >= 0.6 is 15.9 Å². The van der Waals surface area contributed by atoms with Gasteiger partial charge in [0.15, 0.2) is 0 Å². The Morgan fingerprint density at radius 1 is 1.46 bits per heavy atom. The van der Waals surface area contributed by atoms with E-state index in [9.17, 15) is 26.4 Å². The standard InChI is InChI=1S/C15H19BrF3N3O5S/c1-9(22(8-26-2)28(24,25)15(17,18)19)7-27-13-5-11(12(16)6-20-13)14(23)21-10-3-4-10/h5-6,9-10H,3-4,7-8H2,1-2H3,(H,21,23). The Hall–Kier alpha value is -1.44. The summed E-state index contributed by atoms with van der Waals surface area (Å²) in [6.45, 7) is 0.00798. The Morgan fingerprint density at radius 2 is 2.11 bits per heavy atom. The van der Waals surface area contributed by atoms with Crippen LogP contribution in [0.4, 0.5) is 13.2 Å². The molecule has 1 amide bonds. The quantitative estimate of drug-likeness (QED) is 0.534. The number of carbonyl (C=O) groups is 1. The van der Waals surface area contributed by atoms with Crippen molar-refractivity contribution in [1.29, 1.82) is 0 Å². The minimum Gasteiger partial charge on any atom is -0.476 e. The molecule has 0 aliphatic heterocycles. The molecular formula is C15H19BrF3N3O5S. The van der Waals surface area contributed by atoms with E-state index < -0.39 is 34.9 Å². The van der Waals surface area contributed by atoms with Crippen molar-refractivity contribution in [3.05, 3.63) is 22.3 Å². The van der Waals surface area contributed by atoms with Gasteiger partial charge in [0.2, 0.25) is 5.88 Å². The lowest BCUT2D eigenvalue weighted by Gasteiger charge is -2.27. The summed E-state index contributed by atoms with van der Waals surface area (Å²) < 4.78 is 72.4. The molecule has 0 spiro atoms. The normalized spacial score (nSPS) is 16.1. The summed E-state index contributed by atoms with van der Waals surface area (Å²) in [5.74, 6) is -0.367. The van der Waals surface area contributed by atoms with Gasteiger partial charge >= 0.3 is 15.5 Å². The molecule has 1 unspecified atom stereocenters. The van der Waals surface area contributed by atoms with Crippen molar-refractivity contribution >= 4 is 31.9 Å². The highest BCUT2D eigenvalue weighted by Gasteiger charge is 2.51. The Bertz CT molecular complexity index is 818. The summed E-state index contributed by atoms with van der Waals surface area (Å²) in [5, 5.41) is 2.79. The molecule has 28 heavy (non-hydrogen) atoms. The maximum absolute atomic E-state index is 12.8. The van der Waals surface area contributed by atoms with Crippen LogP contribution in [-0.4, -0.2) is 61.7 Å². The van der Waals surface area contributed by atoms with E-state index in [1.165, 1.54) is 19.2 Å². The average molecular weight is 490 g/mol. The number of carbonyl (C=O) groups excluding carboxylic acids is 1. The van der Waals surface area contributed by atoms with Gasteiger partial charge in [0.05, 0.1) is 11.6 Å². The van der Waals surface area contributed by atoms with Gasteiger partial charge in [0, 0.05) is 29.9 Å². The van der Waals surface area contributed by atoms with Crippen LogP contribution in [0.1, 0.15) is 30.1 Å². The first kappa shape index (κ1) is 22.8. The number of sulfonamides is 1. The van der Waals surface area contributed by atoms with Crippen molar-refractivity contribution in [2.75, 3.05) is 20.4 Å². The zero-order valence-electron chi connectivity index (χ0n) is 15.0. The van der Waals surface area contributed by atoms with E-state index in [0.717, 1.165) is 20.0 Å². The molecular weight excluding hydrogens is 471 g/mol. The van der Waals surface area contributed by atoms with Crippen molar-refractivity contribution in [2.45, 2.75) is 37.4 Å². The predicted molar refractivity (Wildman–Crippen MR) is 96.1 cm³/mol. The summed E-state index contributed by atoms with van der Waals surface area (Å²) in [7, 11) is -4.53. The van der Waals surface area contributed by atoms with Gasteiger partial charge in [-0.1, -0.05) is 0 Å². The third-order valence-electron chi connectivity index (χ3n) is 3.81. The molecule has 158 valence electrons. The highest BCUT2D eigenvalue weighted by molar-refractivity contribution is 9.10. The van der Waals surface area contributed by atoms with Crippen LogP contribution in [0, 0.1) is 0 Å². The maximum atomic E-state index is 12.8. The Kier molecular flexibility index (Phi) is 7.28. The molecule has 8 nitrogen and oxygen atoms in total. The number of hydrogen-bond donors (Lipinski definition) is 1. The van der Waals surface area contributed by atoms with E-state index in [-0.39, 0.29) is 27.7 Å². The van der Waals surface area contributed by atoms with Crippen LogP contribution in [0.2, 0.25) is 0 Å². The smallest absolute Gasteiger partial charge is 0.476 e. The molecule has 1 aliphatic carbocycles. The number of hydrogen-bond acceptors (Lipinski definition) is 6. The van der Waals surface area contributed by atoms with Crippen LogP contribution in [0.15, 0.2) is 16.7 Å². The number of amides is 1. The van der Waals surface area contributed by atoms with Crippen molar-refractivity contribution in [2.24, 2.45) is 0 Å². The number of nitrogens with zero attached hydrogens (tertiary/aromatic N) is 2. The number of rotatable bonds is 9. The second-order valence-electron chi connectivity index (χ2n) is 6.17. The van der Waals surface area contributed by atoms with Crippen LogP contribution in [0.25, 0.3) is 0 Å². The highest BCUT2D eigenvalue weighted by atomic mass is 79.9. The fraction of sp³-hybridized carbons (Fsp3) is 0.600. The van der Waals surface area contributed by atoms with Crippen molar-refractivity contribution in [3.8, 4) is 5.88 Å². The van der Waals surface area contributed by atoms with Crippen molar-refractivity contribution in [3.63, 3.8) is 0 Å². The fourth-order valence-electron chi connectivity index (χ4n) is 2.15. The van der Waals surface area contributed by atoms with Gasteiger partial charge in [-0.05, 0) is 35.7 Å².